The van der Waals surface area contributed by atoms with Gasteiger partial charge in [-0.25, -0.2) is 4.79 Å². The van der Waals surface area contributed by atoms with Crippen LogP contribution >= 0.6 is 0 Å². The fourth-order valence-corrected chi connectivity index (χ4v) is 2.90. The third kappa shape index (κ3) is 2.66. The van der Waals surface area contributed by atoms with Crippen LogP contribution in [0, 0.1) is 0 Å². The summed E-state index contributed by atoms with van der Waals surface area (Å²) in [6.07, 6.45) is 0. The second-order valence-electron chi connectivity index (χ2n) is 5.38. The van der Waals surface area contributed by atoms with Crippen LogP contribution in [0.4, 0.5) is 0 Å². The van der Waals surface area contributed by atoms with Gasteiger partial charge in [-0.1, -0.05) is 18.2 Å². The summed E-state index contributed by atoms with van der Waals surface area (Å²) >= 11 is 0. The molecule has 0 atom stereocenters. The van der Waals surface area contributed by atoms with Gasteiger partial charge in [-0.05, 0) is 52.2 Å². The Kier molecular flexibility index (Phi) is 4.10. The molecule has 5 heteroatoms. The van der Waals surface area contributed by atoms with Crippen molar-refractivity contribution in [3.05, 3.63) is 59.7 Å². The van der Waals surface area contributed by atoms with Crippen LogP contribution in [-0.4, -0.2) is 28.4 Å². The summed E-state index contributed by atoms with van der Waals surface area (Å²) in [5.74, 6) is -0.454. The highest BCUT2D eigenvalue weighted by Crippen LogP contribution is 2.37. The second-order valence-corrected chi connectivity index (χ2v) is 5.38. The van der Waals surface area contributed by atoms with Crippen molar-refractivity contribution in [2.75, 3.05) is 7.11 Å². The van der Waals surface area contributed by atoms with Crippen molar-refractivity contribution in [3.63, 3.8) is 0 Å². The van der Waals surface area contributed by atoms with E-state index in [0.29, 0.717) is 22.3 Å². The van der Waals surface area contributed by atoms with Gasteiger partial charge in [-0.15, -0.1) is 0 Å². The minimum Gasteiger partial charge on any atom is -0.508 e. The topological polar surface area (TPSA) is 87.0 Å². The Morgan fingerprint density at radius 2 is 1.92 bits per heavy atom. The molecule has 122 valence electrons. The summed E-state index contributed by atoms with van der Waals surface area (Å²) in [6, 6.07) is 13.4. The monoisotopic (exact) mass is 324 g/mol. The first kappa shape index (κ1) is 15.8. The van der Waals surface area contributed by atoms with Crippen LogP contribution in [-0.2, 0) is 6.61 Å². The van der Waals surface area contributed by atoms with E-state index in [2.05, 4.69) is 0 Å². The summed E-state index contributed by atoms with van der Waals surface area (Å²) in [5.41, 5.74) is 1.69. The van der Waals surface area contributed by atoms with Crippen molar-refractivity contribution in [2.45, 2.75) is 6.61 Å². The highest BCUT2D eigenvalue weighted by Gasteiger charge is 2.19. The molecule has 0 radical (unpaired) electrons. The number of rotatable bonds is 4. The molecule has 0 amide bonds. The molecule has 3 rings (SSSR count). The molecule has 0 unspecified atom stereocenters. The molecule has 0 saturated carbocycles. The average molecular weight is 324 g/mol. The number of carboxylic acids is 1. The molecule has 0 aromatic heterocycles. The van der Waals surface area contributed by atoms with Crippen molar-refractivity contribution in [2.24, 2.45) is 0 Å². The molecule has 3 N–H and O–H groups in total. The van der Waals surface area contributed by atoms with E-state index in [1.54, 1.807) is 31.4 Å². The van der Waals surface area contributed by atoms with Gasteiger partial charge >= 0.3 is 5.97 Å². The lowest BCUT2D eigenvalue weighted by molar-refractivity contribution is 0.0693. The number of ether oxygens (including phenoxy) is 1. The first-order valence-corrected chi connectivity index (χ1v) is 7.32. The summed E-state index contributed by atoms with van der Waals surface area (Å²) in [4.78, 5) is 11.6. The molecule has 24 heavy (non-hydrogen) atoms. The van der Waals surface area contributed by atoms with Crippen LogP contribution in [0.25, 0.3) is 21.9 Å². The van der Waals surface area contributed by atoms with Gasteiger partial charge in [0.25, 0.3) is 0 Å². The number of aromatic carboxylic acids is 1. The number of aliphatic hydroxyl groups excluding tert-OH is 1. The van der Waals surface area contributed by atoms with Crippen molar-refractivity contribution >= 4 is 16.7 Å². The number of carbonyl (C=O) groups is 1. The molecule has 0 bridgehead atoms. The van der Waals surface area contributed by atoms with Gasteiger partial charge in [0.1, 0.15) is 11.5 Å². The van der Waals surface area contributed by atoms with Crippen LogP contribution in [0.2, 0.25) is 0 Å². The molecule has 0 aliphatic heterocycles. The number of fused-ring (bicyclic) bond motifs is 1. The van der Waals surface area contributed by atoms with Gasteiger partial charge in [0.15, 0.2) is 0 Å². The van der Waals surface area contributed by atoms with Gasteiger partial charge < -0.3 is 20.1 Å². The molecule has 0 fully saturated rings. The molecular weight excluding hydrogens is 308 g/mol. The standard InChI is InChI=1S/C19H16O5/c1-24-14-4-2-3-11(8-14)18-15-6-5-13(21)7-12(15)9-16(19(22)23)17(18)10-20/h2-9,20-21H,10H2,1H3,(H,22,23). The van der Waals surface area contributed by atoms with Crippen LogP contribution in [0.1, 0.15) is 15.9 Å². The first-order valence-electron chi connectivity index (χ1n) is 7.32. The lowest BCUT2D eigenvalue weighted by Gasteiger charge is -2.16. The Bertz CT molecular complexity index is 930. The van der Waals surface area contributed by atoms with E-state index >= 15 is 0 Å². The van der Waals surface area contributed by atoms with Gasteiger partial charge in [-0.3, -0.25) is 0 Å². The Morgan fingerprint density at radius 1 is 1.12 bits per heavy atom. The van der Waals surface area contributed by atoms with Crippen LogP contribution in [0.5, 0.6) is 11.5 Å². The van der Waals surface area contributed by atoms with E-state index in [1.165, 1.54) is 18.2 Å². The van der Waals surface area contributed by atoms with E-state index in [9.17, 15) is 20.1 Å². The summed E-state index contributed by atoms with van der Waals surface area (Å²) in [5, 5.41) is 30.3. The van der Waals surface area contributed by atoms with E-state index in [4.69, 9.17) is 4.74 Å². The normalized spacial score (nSPS) is 10.8. The van der Waals surface area contributed by atoms with Gasteiger partial charge in [0, 0.05) is 5.56 Å². The molecular formula is C19H16O5. The fraction of sp³-hybridized carbons (Fsp3) is 0.105. The number of hydrogen-bond acceptors (Lipinski definition) is 4. The van der Waals surface area contributed by atoms with Crippen molar-refractivity contribution < 1.29 is 24.9 Å². The number of phenols is 1. The number of carboxylic acid groups (broad SMARTS) is 1. The van der Waals surface area contributed by atoms with Crippen molar-refractivity contribution in [3.8, 4) is 22.6 Å². The minimum atomic E-state index is -1.13. The first-order chi connectivity index (χ1) is 11.5. The van der Waals surface area contributed by atoms with Crippen LogP contribution < -0.4 is 4.74 Å². The summed E-state index contributed by atoms with van der Waals surface area (Å²) in [6.45, 7) is -0.412. The van der Waals surface area contributed by atoms with Gasteiger partial charge in [0.05, 0.1) is 19.3 Å². The quantitative estimate of drug-likeness (QED) is 0.684. The smallest absolute Gasteiger partial charge is 0.336 e. The Labute approximate surface area is 138 Å². The van der Waals surface area contributed by atoms with Crippen molar-refractivity contribution in [1.82, 2.24) is 0 Å². The predicted molar refractivity (Wildman–Crippen MR) is 90.5 cm³/mol. The van der Waals surface area contributed by atoms with E-state index < -0.39 is 12.6 Å². The van der Waals surface area contributed by atoms with Gasteiger partial charge in [-0.2, -0.15) is 0 Å². The maximum Gasteiger partial charge on any atom is 0.336 e. The zero-order chi connectivity index (χ0) is 17.3. The number of benzene rings is 3. The second kappa shape index (κ2) is 6.22. The molecule has 0 heterocycles. The Hall–Kier alpha value is -3.05. The van der Waals surface area contributed by atoms with Gasteiger partial charge in [0.2, 0.25) is 0 Å². The third-order valence-corrected chi connectivity index (χ3v) is 3.98. The van der Waals surface area contributed by atoms with Crippen LogP contribution in [0.3, 0.4) is 0 Å². The van der Waals surface area contributed by atoms with E-state index in [1.807, 2.05) is 6.07 Å². The summed E-state index contributed by atoms with van der Waals surface area (Å²) < 4.78 is 5.24. The SMILES string of the molecule is COc1cccc(-c2c(CO)c(C(=O)O)cc3cc(O)ccc23)c1. The lowest BCUT2D eigenvalue weighted by atomic mass is 9.89. The Balaban J connectivity index is 2.44. The number of aliphatic hydroxyl groups is 1. The molecule has 0 saturated heterocycles. The van der Waals surface area contributed by atoms with Crippen LogP contribution in [0.15, 0.2) is 48.5 Å². The molecule has 5 nitrogen and oxygen atoms in total. The van der Waals surface area contributed by atoms with Crippen molar-refractivity contribution in [1.29, 1.82) is 0 Å². The highest BCUT2D eigenvalue weighted by atomic mass is 16.5. The maximum absolute atomic E-state index is 11.6. The number of methoxy groups -OCH3 is 1. The molecule has 0 aliphatic rings. The third-order valence-electron chi connectivity index (χ3n) is 3.98. The largest absolute Gasteiger partial charge is 0.508 e. The molecule has 0 spiro atoms. The average Bonchev–Trinajstić information content (AvgIpc) is 2.59. The van der Waals surface area contributed by atoms with E-state index in [-0.39, 0.29) is 11.3 Å². The maximum atomic E-state index is 11.6. The highest BCUT2D eigenvalue weighted by molar-refractivity contribution is 6.05. The zero-order valence-corrected chi connectivity index (χ0v) is 13.0. The fourth-order valence-electron chi connectivity index (χ4n) is 2.90. The Morgan fingerprint density at radius 3 is 2.58 bits per heavy atom. The predicted octanol–water partition coefficient (Wildman–Crippen LogP) is 3.41. The lowest BCUT2D eigenvalue weighted by Crippen LogP contribution is -2.05. The number of aromatic hydroxyl groups is 1. The molecule has 3 aromatic carbocycles. The van der Waals surface area contributed by atoms with E-state index in [0.717, 1.165) is 10.9 Å². The molecule has 3 aromatic rings. The number of phenolic OH excluding ortho intramolecular Hbond substituents is 1. The number of hydrogen-bond donors (Lipinski definition) is 3. The molecule has 0 aliphatic carbocycles. The minimum absolute atomic E-state index is 0.00780. The summed E-state index contributed by atoms with van der Waals surface area (Å²) in [7, 11) is 1.55. The zero-order valence-electron chi connectivity index (χ0n) is 13.0.